The molecule has 0 spiro atoms. The summed E-state index contributed by atoms with van der Waals surface area (Å²) in [7, 11) is 0. The van der Waals surface area contributed by atoms with Crippen LogP contribution in [-0.4, -0.2) is 23.1 Å². The van der Waals surface area contributed by atoms with Crippen LogP contribution in [-0.2, 0) is 4.79 Å². The first kappa shape index (κ1) is 16.8. The predicted molar refractivity (Wildman–Crippen MR) is 92.8 cm³/mol. The normalized spacial score (nSPS) is 10.1. The first-order chi connectivity index (χ1) is 11.1. The standard InChI is InChI=1S/C17H16N2O3S/c1-2-12-18(14-6-4-3-5-7-14)17(20)13-23-16-10-8-15(9-11-16)19(21)22/h2-11H,1,12-13H2. The molecular formula is C17H16N2O3S. The molecule has 1 amide bonds. The van der Waals surface area contributed by atoms with Gasteiger partial charge in [0.25, 0.3) is 5.69 Å². The third-order valence-corrected chi connectivity index (χ3v) is 4.09. The number of rotatable bonds is 7. The van der Waals surface area contributed by atoms with Crippen LogP contribution in [0.15, 0.2) is 72.1 Å². The van der Waals surface area contributed by atoms with Crippen molar-refractivity contribution >= 4 is 29.0 Å². The number of thioether (sulfide) groups is 1. The lowest BCUT2D eigenvalue weighted by molar-refractivity contribution is -0.384. The Morgan fingerprint density at radius 2 is 1.83 bits per heavy atom. The number of nitro groups is 1. The molecule has 0 N–H and O–H groups in total. The number of para-hydroxylation sites is 1. The zero-order valence-electron chi connectivity index (χ0n) is 12.4. The fourth-order valence-corrected chi connectivity index (χ4v) is 2.75. The minimum absolute atomic E-state index is 0.0400. The highest BCUT2D eigenvalue weighted by Gasteiger charge is 2.14. The van der Waals surface area contributed by atoms with Gasteiger partial charge in [0.1, 0.15) is 0 Å². The summed E-state index contributed by atoms with van der Waals surface area (Å²) >= 11 is 1.35. The number of anilines is 1. The van der Waals surface area contributed by atoms with Gasteiger partial charge < -0.3 is 4.90 Å². The van der Waals surface area contributed by atoms with E-state index in [4.69, 9.17) is 0 Å². The van der Waals surface area contributed by atoms with E-state index in [9.17, 15) is 14.9 Å². The smallest absolute Gasteiger partial charge is 0.269 e. The summed E-state index contributed by atoms with van der Waals surface area (Å²) in [6.45, 7) is 4.12. The fourth-order valence-electron chi connectivity index (χ4n) is 1.98. The maximum absolute atomic E-state index is 12.4. The number of benzene rings is 2. The third kappa shape index (κ3) is 4.69. The van der Waals surface area contributed by atoms with Crippen molar-refractivity contribution in [2.24, 2.45) is 0 Å². The minimum atomic E-state index is -0.444. The van der Waals surface area contributed by atoms with Crippen molar-refractivity contribution in [1.82, 2.24) is 0 Å². The Hall–Kier alpha value is -2.60. The largest absolute Gasteiger partial charge is 0.308 e. The van der Waals surface area contributed by atoms with Gasteiger partial charge in [-0.2, -0.15) is 0 Å². The third-order valence-electron chi connectivity index (χ3n) is 3.09. The van der Waals surface area contributed by atoms with Crippen LogP contribution in [0.1, 0.15) is 0 Å². The van der Waals surface area contributed by atoms with Gasteiger partial charge in [0.2, 0.25) is 5.91 Å². The molecule has 5 nitrogen and oxygen atoms in total. The van der Waals surface area contributed by atoms with Gasteiger partial charge in [0.05, 0.1) is 10.7 Å². The Morgan fingerprint density at radius 3 is 2.39 bits per heavy atom. The Bertz CT molecular complexity index is 687. The number of nitrogens with zero attached hydrogens (tertiary/aromatic N) is 2. The lowest BCUT2D eigenvalue weighted by atomic mass is 10.3. The molecule has 0 aromatic heterocycles. The Kier molecular flexibility index (Phi) is 5.94. The van der Waals surface area contributed by atoms with Gasteiger partial charge in [0, 0.05) is 29.3 Å². The second kappa shape index (κ2) is 8.14. The van der Waals surface area contributed by atoms with E-state index in [1.165, 1.54) is 23.9 Å². The molecule has 6 heteroatoms. The van der Waals surface area contributed by atoms with Crippen molar-refractivity contribution in [2.75, 3.05) is 17.2 Å². The lowest BCUT2D eigenvalue weighted by Gasteiger charge is -2.21. The molecule has 2 rings (SSSR count). The zero-order chi connectivity index (χ0) is 16.7. The summed E-state index contributed by atoms with van der Waals surface area (Å²) in [5, 5.41) is 10.6. The lowest BCUT2D eigenvalue weighted by Crippen LogP contribution is -2.32. The van der Waals surface area contributed by atoms with E-state index in [1.54, 1.807) is 23.1 Å². The van der Waals surface area contributed by atoms with Crippen molar-refractivity contribution < 1.29 is 9.72 Å². The number of hydrogen-bond acceptors (Lipinski definition) is 4. The molecule has 23 heavy (non-hydrogen) atoms. The summed E-state index contributed by atoms with van der Waals surface area (Å²) in [6.07, 6.45) is 1.68. The van der Waals surface area contributed by atoms with Crippen LogP contribution < -0.4 is 4.90 Å². The molecular weight excluding hydrogens is 312 g/mol. The average Bonchev–Trinajstić information content (AvgIpc) is 2.58. The number of hydrogen-bond donors (Lipinski definition) is 0. The predicted octanol–water partition coefficient (Wildman–Crippen LogP) is 3.91. The van der Waals surface area contributed by atoms with Gasteiger partial charge in [-0.1, -0.05) is 24.3 Å². The van der Waals surface area contributed by atoms with Crippen LogP contribution in [0.2, 0.25) is 0 Å². The van der Waals surface area contributed by atoms with Crippen LogP contribution in [0.3, 0.4) is 0 Å². The van der Waals surface area contributed by atoms with E-state index >= 15 is 0 Å². The summed E-state index contributed by atoms with van der Waals surface area (Å²) in [6, 6.07) is 15.6. The van der Waals surface area contributed by atoms with E-state index in [2.05, 4.69) is 6.58 Å². The van der Waals surface area contributed by atoms with Crippen LogP contribution in [0.4, 0.5) is 11.4 Å². The summed E-state index contributed by atoms with van der Waals surface area (Å²) in [5.41, 5.74) is 0.861. The van der Waals surface area contributed by atoms with E-state index < -0.39 is 4.92 Å². The van der Waals surface area contributed by atoms with Crippen molar-refractivity contribution in [1.29, 1.82) is 0 Å². The SMILES string of the molecule is C=CCN(C(=O)CSc1ccc([N+](=O)[O-])cc1)c1ccccc1. The quantitative estimate of drug-likeness (QED) is 0.335. The molecule has 0 bridgehead atoms. The second-order valence-corrected chi connectivity index (χ2v) is 5.72. The van der Waals surface area contributed by atoms with Crippen molar-refractivity contribution in [2.45, 2.75) is 4.90 Å². The van der Waals surface area contributed by atoms with Crippen molar-refractivity contribution in [3.63, 3.8) is 0 Å². The number of nitro benzene ring substituents is 1. The van der Waals surface area contributed by atoms with Gasteiger partial charge in [-0.3, -0.25) is 14.9 Å². The highest BCUT2D eigenvalue weighted by atomic mass is 32.2. The van der Waals surface area contributed by atoms with Crippen LogP contribution in [0.5, 0.6) is 0 Å². The van der Waals surface area contributed by atoms with E-state index in [1.807, 2.05) is 30.3 Å². The van der Waals surface area contributed by atoms with Gasteiger partial charge in [-0.15, -0.1) is 18.3 Å². The van der Waals surface area contributed by atoms with E-state index in [-0.39, 0.29) is 17.3 Å². The molecule has 0 aliphatic carbocycles. The topological polar surface area (TPSA) is 63.5 Å². The number of amides is 1. The average molecular weight is 328 g/mol. The summed E-state index contributed by atoms with van der Waals surface area (Å²) < 4.78 is 0. The van der Waals surface area contributed by atoms with Gasteiger partial charge in [-0.25, -0.2) is 0 Å². The summed E-state index contributed by atoms with van der Waals surface area (Å²) in [4.78, 5) is 25.1. The zero-order valence-corrected chi connectivity index (χ0v) is 13.2. The molecule has 0 unspecified atom stereocenters. The molecule has 2 aromatic carbocycles. The molecule has 0 saturated carbocycles. The fraction of sp³-hybridized carbons (Fsp3) is 0.118. The molecule has 0 fully saturated rings. The van der Waals surface area contributed by atoms with E-state index in [0.29, 0.717) is 6.54 Å². The first-order valence-electron chi connectivity index (χ1n) is 6.95. The molecule has 2 aromatic rings. The van der Waals surface area contributed by atoms with Crippen LogP contribution in [0, 0.1) is 10.1 Å². The monoisotopic (exact) mass is 328 g/mol. The number of carbonyl (C=O) groups is 1. The van der Waals surface area contributed by atoms with Gasteiger partial charge in [-0.05, 0) is 24.3 Å². The molecule has 118 valence electrons. The van der Waals surface area contributed by atoms with Crippen LogP contribution in [0.25, 0.3) is 0 Å². The maximum Gasteiger partial charge on any atom is 0.269 e. The maximum atomic E-state index is 12.4. The first-order valence-corrected chi connectivity index (χ1v) is 7.94. The second-order valence-electron chi connectivity index (χ2n) is 4.67. The van der Waals surface area contributed by atoms with Crippen molar-refractivity contribution in [3.05, 3.63) is 77.4 Å². The minimum Gasteiger partial charge on any atom is -0.308 e. The molecule has 0 heterocycles. The molecule has 0 aliphatic rings. The van der Waals surface area contributed by atoms with E-state index in [0.717, 1.165) is 10.6 Å². The number of carbonyl (C=O) groups excluding carboxylic acids is 1. The molecule has 0 radical (unpaired) electrons. The Balaban J connectivity index is 2.01. The van der Waals surface area contributed by atoms with Gasteiger partial charge in [0.15, 0.2) is 0 Å². The number of non-ortho nitro benzene ring substituents is 1. The Morgan fingerprint density at radius 1 is 1.17 bits per heavy atom. The van der Waals surface area contributed by atoms with Gasteiger partial charge >= 0.3 is 0 Å². The highest BCUT2D eigenvalue weighted by Crippen LogP contribution is 2.23. The molecule has 0 saturated heterocycles. The highest BCUT2D eigenvalue weighted by molar-refractivity contribution is 8.00. The Labute approximate surface area is 138 Å². The molecule has 0 atom stereocenters. The summed E-state index contributed by atoms with van der Waals surface area (Å²) in [5.74, 6) is 0.208. The van der Waals surface area contributed by atoms with Crippen molar-refractivity contribution in [3.8, 4) is 0 Å². The molecule has 0 aliphatic heterocycles. The van der Waals surface area contributed by atoms with Crippen LogP contribution >= 0.6 is 11.8 Å².